The van der Waals surface area contributed by atoms with Crippen LogP contribution in [0.1, 0.15) is 40.1 Å². The summed E-state index contributed by atoms with van der Waals surface area (Å²) in [5.41, 5.74) is 2.65. The number of aromatic amines is 1. The van der Waals surface area contributed by atoms with E-state index in [0.717, 1.165) is 42.5 Å². The molecular formula is C22H22N4O4. The number of anilines is 2. The third-order valence-electron chi connectivity index (χ3n) is 5.65. The highest BCUT2D eigenvalue weighted by atomic mass is 16.5. The molecule has 2 aromatic heterocycles. The summed E-state index contributed by atoms with van der Waals surface area (Å²) in [6, 6.07) is 9.36. The minimum atomic E-state index is -0.407. The lowest BCUT2D eigenvalue weighted by molar-refractivity contribution is 0.0594. The van der Waals surface area contributed by atoms with Gasteiger partial charge in [0.15, 0.2) is 18.3 Å². The Bertz CT molecular complexity index is 1130. The normalized spacial score (nSPS) is 15.8. The van der Waals surface area contributed by atoms with Crippen LogP contribution in [0.5, 0.6) is 5.75 Å². The summed E-state index contributed by atoms with van der Waals surface area (Å²) >= 11 is 0. The summed E-state index contributed by atoms with van der Waals surface area (Å²) in [4.78, 5) is 35.9. The standard InChI is InChI=1S/C22H22N4O4/c1-29-22(28)18-9-14-5-6-16(11-17(14)24-18)26-13-30-19-10-15(12-23-20(19)26)21(27)25-7-3-2-4-8-25/h5-6,9-12,24H,2-4,7-8,13H2,1H3. The number of likely N-dealkylation sites (tertiary alicyclic amines) is 1. The highest BCUT2D eigenvalue weighted by Gasteiger charge is 2.27. The molecule has 30 heavy (non-hydrogen) atoms. The molecule has 154 valence electrons. The molecule has 3 aromatic rings. The number of carbonyl (C=O) groups excluding carboxylic acids is 2. The zero-order valence-corrected chi connectivity index (χ0v) is 16.7. The zero-order chi connectivity index (χ0) is 20.7. The number of benzene rings is 1. The van der Waals surface area contributed by atoms with Gasteiger partial charge in [-0.2, -0.15) is 0 Å². The maximum absolute atomic E-state index is 12.8. The molecule has 0 unspecified atom stereocenters. The van der Waals surface area contributed by atoms with Crippen molar-refractivity contribution in [1.82, 2.24) is 14.9 Å². The van der Waals surface area contributed by atoms with Crippen LogP contribution in [-0.4, -0.2) is 53.7 Å². The molecule has 1 saturated heterocycles. The quantitative estimate of drug-likeness (QED) is 0.670. The van der Waals surface area contributed by atoms with Crippen molar-refractivity contribution in [3.63, 3.8) is 0 Å². The van der Waals surface area contributed by atoms with Gasteiger partial charge in [-0.05, 0) is 43.5 Å². The maximum Gasteiger partial charge on any atom is 0.354 e. The summed E-state index contributed by atoms with van der Waals surface area (Å²) in [6.45, 7) is 1.90. The minimum absolute atomic E-state index is 0.00944. The number of aromatic nitrogens is 2. The molecule has 0 atom stereocenters. The topological polar surface area (TPSA) is 87.8 Å². The molecule has 0 aliphatic carbocycles. The number of piperidine rings is 1. The van der Waals surface area contributed by atoms with Crippen molar-refractivity contribution >= 4 is 34.3 Å². The first-order chi connectivity index (χ1) is 14.6. The van der Waals surface area contributed by atoms with E-state index in [-0.39, 0.29) is 5.91 Å². The van der Waals surface area contributed by atoms with E-state index in [4.69, 9.17) is 9.47 Å². The van der Waals surface area contributed by atoms with Gasteiger partial charge in [-0.15, -0.1) is 0 Å². The van der Waals surface area contributed by atoms with Crippen molar-refractivity contribution in [2.45, 2.75) is 19.3 Å². The Morgan fingerprint density at radius 1 is 1.13 bits per heavy atom. The van der Waals surface area contributed by atoms with E-state index in [1.165, 1.54) is 13.5 Å². The van der Waals surface area contributed by atoms with E-state index in [1.54, 1.807) is 18.3 Å². The molecule has 1 aromatic carbocycles. The van der Waals surface area contributed by atoms with Crippen molar-refractivity contribution in [3.8, 4) is 5.75 Å². The third-order valence-corrected chi connectivity index (χ3v) is 5.65. The highest BCUT2D eigenvalue weighted by Crippen LogP contribution is 2.38. The smallest absolute Gasteiger partial charge is 0.354 e. The molecule has 0 bridgehead atoms. The fraction of sp³-hybridized carbons (Fsp3) is 0.318. The third kappa shape index (κ3) is 3.14. The molecule has 1 amide bonds. The lowest BCUT2D eigenvalue weighted by atomic mass is 10.1. The second-order valence-electron chi connectivity index (χ2n) is 7.55. The molecule has 0 saturated carbocycles. The van der Waals surface area contributed by atoms with E-state index in [2.05, 4.69) is 9.97 Å². The molecule has 2 aliphatic rings. The average Bonchev–Trinajstić information content (AvgIpc) is 3.41. The number of rotatable bonds is 3. The van der Waals surface area contributed by atoms with Gasteiger partial charge in [0.1, 0.15) is 5.69 Å². The van der Waals surface area contributed by atoms with E-state index in [9.17, 15) is 9.59 Å². The number of pyridine rings is 1. The van der Waals surface area contributed by atoms with Crippen LogP contribution in [0.2, 0.25) is 0 Å². The Morgan fingerprint density at radius 2 is 1.97 bits per heavy atom. The molecule has 8 heteroatoms. The predicted molar refractivity (Wildman–Crippen MR) is 111 cm³/mol. The van der Waals surface area contributed by atoms with Crippen LogP contribution in [0.4, 0.5) is 11.5 Å². The highest BCUT2D eigenvalue weighted by molar-refractivity contribution is 5.97. The first-order valence-corrected chi connectivity index (χ1v) is 10.0. The molecule has 5 rings (SSSR count). The van der Waals surface area contributed by atoms with Gasteiger partial charge >= 0.3 is 5.97 Å². The van der Waals surface area contributed by atoms with E-state index in [1.807, 2.05) is 28.0 Å². The van der Waals surface area contributed by atoms with Crippen molar-refractivity contribution < 1.29 is 19.1 Å². The summed E-state index contributed by atoms with van der Waals surface area (Å²) in [5.74, 6) is 0.870. The first-order valence-electron chi connectivity index (χ1n) is 10.0. The molecule has 4 heterocycles. The predicted octanol–water partition coefficient (Wildman–Crippen LogP) is 3.46. The number of carbonyl (C=O) groups is 2. The summed E-state index contributed by atoms with van der Waals surface area (Å²) < 4.78 is 10.6. The molecule has 8 nitrogen and oxygen atoms in total. The number of hydrogen-bond donors (Lipinski definition) is 1. The van der Waals surface area contributed by atoms with Crippen molar-refractivity contribution in [2.24, 2.45) is 0 Å². The van der Waals surface area contributed by atoms with Crippen LogP contribution in [0, 0.1) is 0 Å². The number of amides is 1. The summed E-state index contributed by atoms with van der Waals surface area (Å²) in [5, 5.41) is 0.912. The Labute approximate surface area is 173 Å². The number of H-pyrrole nitrogens is 1. The number of fused-ring (bicyclic) bond motifs is 2. The minimum Gasteiger partial charge on any atom is -0.469 e. The number of nitrogens with zero attached hydrogens (tertiary/aromatic N) is 3. The number of methoxy groups -OCH3 is 1. The van der Waals surface area contributed by atoms with E-state index >= 15 is 0 Å². The van der Waals surface area contributed by atoms with Gasteiger partial charge in [-0.1, -0.05) is 6.07 Å². The fourth-order valence-corrected chi connectivity index (χ4v) is 4.04. The van der Waals surface area contributed by atoms with Gasteiger partial charge in [0.2, 0.25) is 0 Å². The van der Waals surface area contributed by atoms with Gasteiger partial charge in [-0.25, -0.2) is 9.78 Å². The Hall–Kier alpha value is -3.55. The SMILES string of the molecule is COC(=O)c1cc2ccc(N3COc4cc(C(=O)N5CCCCC5)cnc43)cc2[nH]1. The van der Waals surface area contributed by atoms with E-state index < -0.39 is 5.97 Å². The van der Waals surface area contributed by atoms with Gasteiger partial charge in [0.25, 0.3) is 5.91 Å². The molecule has 0 radical (unpaired) electrons. The Morgan fingerprint density at radius 3 is 2.77 bits per heavy atom. The van der Waals surface area contributed by atoms with Crippen molar-refractivity contribution in [2.75, 3.05) is 31.8 Å². The van der Waals surface area contributed by atoms with Crippen molar-refractivity contribution in [1.29, 1.82) is 0 Å². The number of esters is 1. The molecular weight excluding hydrogens is 384 g/mol. The molecule has 2 aliphatic heterocycles. The van der Waals surface area contributed by atoms with Gasteiger partial charge in [0, 0.05) is 35.9 Å². The summed E-state index contributed by atoms with van der Waals surface area (Å²) in [6.07, 6.45) is 4.90. The molecule has 1 N–H and O–H groups in total. The second kappa shape index (κ2) is 7.37. The number of hydrogen-bond acceptors (Lipinski definition) is 6. The monoisotopic (exact) mass is 406 g/mol. The van der Waals surface area contributed by atoms with Crippen LogP contribution >= 0.6 is 0 Å². The second-order valence-corrected chi connectivity index (χ2v) is 7.55. The largest absolute Gasteiger partial charge is 0.469 e. The van der Waals surface area contributed by atoms with Gasteiger partial charge < -0.3 is 19.4 Å². The molecule has 1 fully saturated rings. The van der Waals surface area contributed by atoms with Gasteiger partial charge in [0.05, 0.1) is 12.7 Å². The summed E-state index contributed by atoms with van der Waals surface area (Å²) in [7, 11) is 1.35. The average molecular weight is 406 g/mol. The number of ether oxygens (including phenoxy) is 2. The lowest BCUT2D eigenvalue weighted by Crippen LogP contribution is -2.35. The Kier molecular flexibility index (Phi) is 4.54. The van der Waals surface area contributed by atoms with E-state index in [0.29, 0.717) is 29.6 Å². The fourth-order valence-electron chi connectivity index (χ4n) is 4.04. The lowest BCUT2D eigenvalue weighted by Gasteiger charge is -2.26. The maximum atomic E-state index is 12.8. The Balaban J connectivity index is 1.41. The number of nitrogens with one attached hydrogen (secondary N) is 1. The van der Waals surface area contributed by atoms with Crippen LogP contribution in [-0.2, 0) is 4.74 Å². The zero-order valence-electron chi connectivity index (χ0n) is 16.7. The van der Waals surface area contributed by atoms with Crippen molar-refractivity contribution in [3.05, 3.63) is 47.8 Å². The van der Waals surface area contributed by atoms with Crippen LogP contribution in [0.25, 0.3) is 10.9 Å². The van der Waals surface area contributed by atoms with Crippen LogP contribution in [0.15, 0.2) is 36.5 Å². The molecule has 0 spiro atoms. The van der Waals surface area contributed by atoms with Crippen LogP contribution < -0.4 is 9.64 Å². The van der Waals surface area contributed by atoms with Gasteiger partial charge in [-0.3, -0.25) is 9.69 Å². The first kappa shape index (κ1) is 18.5. The van der Waals surface area contributed by atoms with Crippen LogP contribution in [0.3, 0.4) is 0 Å².